The van der Waals surface area contributed by atoms with E-state index in [2.05, 4.69) is 32.8 Å². The molecule has 1 fully saturated rings. The van der Waals surface area contributed by atoms with Gasteiger partial charge >= 0.3 is 0 Å². The number of benzene rings is 1. The Morgan fingerprint density at radius 1 is 1.23 bits per heavy atom. The third kappa shape index (κ3) is 2.94. The van der Waals surface area contributed by atoms with Crippen LogP contribution in [0.1, 0.15) is 16.8 Å². The zero-order valence-electron chi connectivity index (χ0n) is 15.6. The molecule has 0 radical (unpaired) electrons. The number of aromatic nitrogens is 2. The van der Waals surface area contributed by atoms with Crippen LogP contribution in [0.15, 0.2) is 30.6 Å². The number of likely N-dealkylation sites (N-methyl/N-ethyl adjacent to an activating group) is 1. The van der Waals surface area contributed by atoms with Crippen LogP contribution in [0, 0.1) is 13.8 Å². The van der Waals surface area contributed by atoms with Crippen molar-refractivity contribution in [3.8, 4) is 0 Å². The molecule has 1 amide bonds. The molecule has 0 spiro atoms. The van der Waals surface area contributed by atoms with Gasteiger partial charge in [-0.15, -0.1) is 0 Å². The lowest BCUT2D eigenvalue weighted by atomic mass is 10.1. The molecule has 0 N–H and O–H groups in total. The lowest BCUT2D eigenvalue weighted by Crippen LogP contribution is -2.60. The summed E-state index contributed by atoms with van der Waals surface area (Å²) in [6, 6.07) is 8.59. The molecule has 1 aromatic carbocycles. The first-order chi connectivity index (χ1) is 12.5. The Kier molecular flexibility index (Phi) is 4.36. The molecule has 0 bridgehead atoms. The van der Waals surface area contributed by atoms with Gasteiger partial charge in [-0.3, -0.25) is 9.69 Å². The summed E-state index contributed by atoms with van der Waals surface area (Å²) in [5, 5.41) is 0. The fourth-order valence-electron chi connectivity index (χ4n) is 3.78. The van der Waals surface area contributed by atoms with E-state index in [9.17, 15) is 4.79 Å². The summed E-state index contributed by atoms with van der Waals surface area (Å²) in [5.41, 5.74) is 4.51. The van der Waals surface area contributed by atoms with E-state index in [1.165, 1.54) is 5.56 Å². The van der Waals surface area contributed by atoms with Gasteiger partial charge < -0.3 is 9.80 Å². The summed E-state index contributed by atoms with van der Waals surface area (Å²) in [6.45, 7) is 7.12. The second-order valence-electron chi connectivity index (χ2n) is 7.31. The fourth-order valence-corrected chi connectivity index (χ4v) is 3.78. The van der Waals surface area contributed by atoms with Crippen molar-refractivity contribution >= 4 is 17.4 Å². The SMILES string of the molecule is Cc1ncnc(N2CC(N(C)CC(=O)N3CCc4ccccc43)C2)c1C. The van der Waals surface area contributed by atoms with Gasteiger partial charge in [-0.25, -0.2) is 9.97 Å². The molecular weight excluding hydrogens is 326 g/mol. The molecule has 1 saturated heterocycles. The van der Waals surface area contributed by atoms with E-state index in [1.54, 1.807) is 6.33 Å². The minimum absolute atomic E-state index is 0.185. The van der Waals surface area contributed by atoms with Crippen molar-refractivity contribution in [2.45, 2.75) is 26.3 Å². The lowest BCUT2D eigenvalue weighted by molar-refractivity contribution is -0.119. The molecule has 6 heteroatoms. The number of hydrogen-bond acceptors (Lipinski definition) is 5. The fraction of sp³-hybridized carbons (Fsp3) is 0.450. The van der Waals surface area contributed by atoms with Gasteiger partial charge in [0.1, 0.15) is 12.1 Å². The van der Waals surface area contributed by atoms with Crippen LogP contribution in [0.4, 0.5) is 11.5 Å². The molecule has 0 atom stereocenters. The summed E-state index contributed by atoms with van der Waals surface area (Å²) in [6.07, 6.45) is 2.58. The number of nitrogens with zero attached hydrogens (tertiary/aromatic N) is 5. The molecule has 1 aromatic heterocycles. The quantitative estimate of drug-likeness (QED) is 0.841. The third-order valence-corrected chi connectivity index (χ3v) is 5.67. The molecule has 2 aliphatic rings. The van der Waals surface area contributed by atoms with Crippen LogP contribution in [0.25, 0.3) is 0 Å². The molecule has 0 aliphatic carbocycles. The topological polar surface area (TPSA) is 52.6 Å². The molecule has 2 aromatic rings. The van der Waals surface area contributed by atoms with Gasteiger partial charge in [-0.1, -0.05) is 18.2 Å². The average Bonchev–Trinajstić information content (AvgIpc) is 3.01. The van der Waals surface area contributed by atoms with Crippen molar-refractivity contribution in [3.05, 3.63) is 47.4 Å². The predicted molar refractivity (Wildman–Crippen MR) is 103 cm³/mol. The number of fused-ring (bicyclic) bond motifs is 1. The van der Waals surface area contributed by atoms with Crippen LogP contribution in [0.2, 0.25) is 0 Å². The van der Waals surface area contributed by atoms with Crippen molar-refractivity contribution < 1.29 is 4.79 Å². The summed E-state index contributed by atoms with van der Waals surface area (Å²) >= 11 is 0. The average molecular weight is 351 g/mol. The van der Waals surface area contributed by atoms with E-state index in [1.807, 2.05) is 37.1 Å². The van der Waals surface area contributed by atoms with Crippen molar-refractivity contribution in [2.24, 2.45) is 0 Å². The Bertz CT molecular complexity index is 831. The molecule has 2 aliphatic heterocycles. The van der Waals surface area contributed by atoms with Crippen LogP contribution < -0.4 is 9.80 Å². The first-order valence-electron chi connectivity index (χ1n) is 9.16. The van der Waals surface area contributed by atoms with Crippen molar-refractivity contribution in [1.82, 2.24) is 14.9 Å². The number of carbonyl (C=O) groups excluding carboxylic acids is 1. The van der Waals surface area contributed by atoms with Crippen LogP contribution in [0.5, 0.6) is 0 Å². The second-order valence-corrected chi connectivity index (χ2v) is 7.31. The van der Waals surface area contributed by atoms with Crippen LogP contribution in [-0.4, -0.2) is 60.0 Å². The number of carbonyl (C=O) groups is 1. The molecule has 6 nitrogen and oxygen atoms in total. The minimum atomic E-state index is 0.185. The number of hydrogen-bond donors (Lipinski definition) is 0. The molecule has 4 rings (SSSR count). The number of rotatable bonds is 4. The Morgan fingerprint density at radius 3 is 2.81 bits per heavy atom. The van der Waals surface area contributed by atoms with Gasteiger partial charge in [-0.05, 0) is 38.9 Å². The van der Waals surface area contributed by atoms with Crippen molar-refractivity contribution in [1.29, 1.82) is 0 Å². The first-order valence-corrected chi connectivity index (χ1v) is 9.16. The highest BCUT2D eigenvalue weighted by Crippen LogP contribution is 2.28. The number of aryl methyl sites for hydroxylation is 1. The molecule has 3 heterocycles. The molecule has 0 unspecified atom stereocenters. The monoisotopic (exact) mass is 351 g/mol. The van der Waals surface area contributed by atoms with Gasteiger partial charge in [0.15, 0.2) is 0 Å². The minimum Gasteiger partial charge on any atom is -0.353 e. The van der Waals surface area contributed by atoms with Crippen LogP contribution in [-0.2, 0) is 11.2 Å². The Morgan fingerprint density at radius 2 is 2.00 bits per heavy atom. The van der Waals surface area contributed by atoms with E-state index in [-0.39, 0.29) is 5.91 Å². The van der Waals surface area contributed by atoms with Crippen LogP contribution >= 0.6 is 0 Å². The zero-order chi connectivity index (χ0) is 18.3. The van der Waals surface area contributed by atoms with E-state index < -0.39 is 0 Å². The highest BCUT2D eigenvalue weighted by atomic mass is 16.2. The number of amides is 1. The summed E-state index contributed by atoms with van der Waals surface area (Å²) in [7, 11) is 2.04. The number of anilines is 2. The Hall–Kier alpha value is -2.47. The van der Waals surface area contributed by atoms with Gasteiger partial charge in [0.05, 0.1) is 6.54 Å². The third-order valence-electron chi connectivity index (χ3n) is 5.67. The van der Waals surface area contributed by atoms with Crippen LogP contribution in [0.3, 0.4) is 0 Å². The van der Waals surface area contributed by atoms with Gasteiger partial charge in [0, 0.05) is 42.6 Å². The number of para-hydroxylation sites is 1. The summed E-state index contributed by atoms with van der Waals surface area (Å²) in [5.74, 6) is 1.20. The normalized spacial score (nSPS) is 16.8. The largest absolute Gasteiger partial charge is 0.353 e. The molecule has 26 heavy (non-hydrogen) atoms. The zero-order valence-corrected chi connectivity index (χ0v) is 15.6. The smallest absolute Gasteiger partial charge is 0.241 e. The maximum atomic E-state index is 12.8. The molecule has 136 valence electrons. The summed E-state index contributed by atoms with van der Waals surface area (Å²) in [4.78, 5) is 27.8. The molecule has 0 saturated carbocycles. The van der Waals surface area contributed by atoms with Crippen molar-refractivity contribution in [2.75, 3.05) is 43.0 Å². The first kappa shape index (κ1) is 17.0. The van der Waals surface area contributed by atoms with Gasteiger partial charge in [0.25, 0.3) is 0 Å². The van der Waals surface area contributed by atoms with Gasteiger partial charge in [-0.2, -0.15) is 0 Å². The Labute approximate surface area is 154 Å². The predicted octanol–water partition coefficient (Wildman–Crippen LogP) is 1.80. The van der Waals surface area contributed by atoms with Crippen molar-refractivity contribution in [3.63, 3.8) is 0 Å². The van der Waals surface area contributed by atoms with E-state index in [4.69, 9.17) is 0 Å². The van der Waals surface area contributed by atoms with E-state index in [0.29, 0.717) is 12.6 Å². The Balaban J connectivity index is 1.35. The maximum Gasteiger partial charge on any atom is 0.241 e. The van der Waals surface area contributed by atoms with E-state index in [0.717, 1.165) is 48.8 Å². The standard InChI is InChI=1S/C20H25N5O/c1-14-15(2)21-13-22-20(14)24-10-17(11-24)23(3)12-19(26)25-9-8-16-6-4-5-7-18(16)25/h4-7,13,17H,8-12H2,1-3H3. The van der Waals surface area contributed by atoms with E-state index >= 15 is 0 Å². The second kappa shape index (κ2) is 6.68. The van der Waals surface area contributed by atoms with Gasteiger partial charge in [0.2, 0.25) is 5.91 Å². The summed E-state index contributed by atoms with van der Waals surface area (Å²) < 4.78 is 0. The highest BCUT2D eigenvalue weighted by Gasteiger charge is 2.34. The maximum absolute atomic E-state index is 12.8. The highest BCUT2D eigenvalue weighted by molar-refractivity contribution is 5.96. The lowest BCUT2D eigenvalue weighted by Gasteiger charge is -2.45. The molecular formula is C20H25N5O.